The molecule has 1 aliphatic rings. The highest BCUT2D eigenvalue weighted by Gasteiger charge is 2.20. The predicted molar refractivity (Wildman–Crippen MR) is 114 cm³/mol. The number of amides is 1. The Morgan fingerprint density at radius 3 is 2.33 bits per heavy atom. The standard InChI is InChI=1S/C22H21N5O3/c28-22(11-6-18-16-23-26(17-18)20-4-2-1-3-5-20)25-14-12-24(13-15-25)19-7-9-21(10-8-19)27(29)30/h1-11,16-17H,12-15H2/b11-6+. The van der Waals surface area contributed by atoms with Crippen LogP contribution >= 0.6 is 0 Å². The van der Waals surface area contributed by atoms with Crippen molar-refractivity contribution in [1.82, 2.24) is 14.7 Å². The number of nitrogens with zero attached hydrogens (tertiary/aromatic N) is 5. The number of carbonyl (C=O) groups excluding carboxylic acids is 1. The molecule has 2 heterocycles. The van der Waals surface area contributed by atoms with Crippen LogP contribution in [0.2, 0.25) is 0 Å². The van der Waals surface area contributed by atoms with Gasteiger partial charge in [-0.1, -0.05) is 18.2 Å². The summed E-state index contributed by atoms with van der Waals surface area (Å²) in [6.07, 6.45) is 6.96. The molecule has 152 valence electrons. The lowest BCUT2D eigenvalue weighted by Crippen LogP contribution is -2.48. The maximum Gasteiger partial charge on any atom is 0.269 e. The van der Waals surface area contributed by atoms with Crippen molar-refractivity contribution in [3.8, 4) is 5.69 Å². The largest absolute Gasteiger partial charge is 0.368 e. The summed E-state index contributed by atoms with van der Waals surface area (Å²) in [5, 5.41) is 15.1. The van der Waals surface area contributed by atoms with Gasteiger partial charge in [0.05, 0.1) is 16.8 Å². The van der Waals surface area contributed by atoms with Crippen LogP contribution in [0.4, 0.5) is 11.4 Å². The minimum Gasteiger partial charge on any atom is -0.368 e. The van der Waals surface area contributed by atoms with Gasteiger partial charge < -0.3 is 9.80 Å². The molecule has 1 saturated heterocycles. The minimum atomic E-state index is -0.406. The van der Waals surface area contributed by atoms with E-state index in [1.165, 1.54) is 12.1 Å². The van der Waals surface area contributed by atoms with E-state index in [9.17, 15) is 14.9 Å². The van der Waals surface area contributed by atoms with Gasteiger partial charge in [0.15, 0.2) is 0 Å². The Labute approximate surface area is 173 Å². The van der Waals surface area contributed by atoms with E-state index in [-0.39, 0.29) is 11.6 Å². The number of hydrogen-bond donors (Lipinski definition) is 0. The fraction of sp³-hybridized carbons (Fsp3) is 0.182. The second kappa shape index (κ2) is 8.60. The summed E-state index contributed by atoms with van der Waals surface area (Å²) < 4.78 is 1.77. The molecule has 1 aromatic heterocycles. The number of hydrogen-bond acceptors (Lipinski definition) is 5. The van der Waals surface area contributed by atoms with E-state index >= 15 is 0 Å². The lowest BCUT2D eigenvalue weighted by Gasteiger charge is -2.35. The molecular weight excluding hydrogens is 382 g/mol. The molecule has 0 spiro atoms. The zero-order valence-corrected chi connectivity index (χ0v) is 16.3. The third kappa shape index (κ3) is 4.38. The smallest absolute Gasteiger partial charge is 0.269 e. The first-order chi connectivity index (χ1) is 14.6. The Morgan fingerprint density at radius 1 is 0.967 bits per heavy atom. The van der Waals surface area contributed by atoms with Gasteiger partial charge >= 0.3 is 0 Å². The number of aromatic nitrogens is 2. The molecule has 2 aromatic carbocycles. The summed E-state index contributed by atoms with van der Waals surface area (Å²) in [4.78, 5) is 26.8. The summed E-state index contributed by atoms with van der Waals surface area (Å²) in [6.45, 7) is 2.57. The van der Waals surface area contributed by atoms with E-state index in [1.807, 2.05) is 36.5 Å². The van der Waals surface area contributed by atoms with Gasteiger partial charge in [-0.15, -0.1) is 0 Å². The Balaban J connectivity index is 1.32. The quantitative estimate of drug-likeness (QED) is 0.371. The topological polar surface area (TPSA) is 84.5 Å². The van der Waals surface area contributed by atoms with Crippen molar-refractivity contribution < 1.29 is 9.72 Å². The van der Waals surface area contributed by atoms with E-state index in [4.69, 9.17) is 0 Å². The summed E-state index contributed by atoms with van der Waals surface area (Å²) in [6, 6.07) is 16.3. The van der Waals surface area contributed by atoms with Crippen LogP contribution in [0.1, 0.15) is 5.56 Å². The average Bonchev–Trinajstić information content (AvgIpc) is 3.27. The molecule has 0 radical (unpaired) electrons. The molecule has 0 aliphatic carbocycles. The maximum atomic E-state index is 12.5. The van der Waals surface area contributed by atoms with E-state index in [0.29, 0.717) is 26.2 Å². The number of nitro benzene ring substituents is 1. The van der Waals surface area contributed by atoms with Crippen molar-refractivity contribution in [2.45, 2.75) is 0 Å². The van der Waals surface area contributed by atoms with Crippen LogP contribution in [0, 0.1) is 10.1 Å². The second-order valence-corrected chi connectivity index (χ2v) is 6.97. The third-order valence-corrected chi connectivity index (χ3v) is 5.06. The Bertz CT molecular complexity index is 1050. The molecule has 0 bridgehead atoms. The van der Waals surface area contributed by atoms with Crippen LogP contribution in [0.25, 0.3) is 11.8 Å². The number of anilines is 1. The summed E-state index contributed by atoms with van der Waals surface area (Å²) >= 11 is 0. The lowest BCUT2D eigenvalue weighted by atomic mass is 10.2. The number of non-ortho nitro benzene ring substituents is 1. The Kier molecular flexibility index (Phi) is 5.56. The number of para-hydroxylation sites is 1. The molecule has 0 atom stereocenters. The molecule has 3 aromatic rings. The summed E-state index contributed by atoms with van der Waals surface area (Å²) in [7, 11) is 0. The van der Waals surface area contributed by atoms with Gasteiger partial charge in [-0.3, -0.25) is 14.9 Å². The minimum absolute atomic E-state index is 0.0363. The van der Waals surface area contributed by atoms with Gasteiger partial charge in [0.1, 0.15) is 0 Å². The predicted octanol–water partition coefficient (Wildman–Crippen LogP) is 3.14. The molecule has 1 fully saturated rings. The van der Waals surface area contributed by atoms with Crippen molar-refractivity contribution in [3.63, 3.8) is 0 Å². The number of rotatable bonds is 5. The molecule has 8 nitrogen and oxygen atoms in total. The zero-order chi connectivity index (χ0) is 20.9. The fourth-order valence-electron chi connectivity index (χ4n) is 3.39. The molecule has 1 amide bonds. The second-order valence-electron chi connectivity index (χ2n) is 6.97. The normalized spacial score (nSPS) is 14.3. The lowest BCUT2D eigenvalue weighted by molar-refractivity contribution is -0.384. The van der Waals surface area contributed by atoms with Gasteiger partial charge in [-0.05, 0) is 30.3 Å². The van der Waals surface area contributed by atoms with E-state index in [2.05, 4.69) is 10.00 Å². The first-order valence-electron chi connectivity index (χ1n) is 9.67. The molecule has 1 aliphatic heterocycles. The summed E-state index contributed by atoms with van der Waals surface area (Å²) in [5.41, 5.74) is 2.83. The van der Waals surface area contributed by atoms with E-state index in [0.717, 1.165) is 16.9 Å². The number of carbonyl (C=O) groups is 1. The zero-order valence-electron chi connectivity index (χ0n) is 16.3. The highest BCUT2D eigenvalue weighted by atomic mass is 16.6. The van der Waals surface area contributed by atoms with Gasteiger partial charge in [0.25, 0.3) is 5.69 Å². The van der Waals surface area contributed by atoms with Gasteiger partial charge in [-0.2, -0.15) is 5.10 Å². The first kappa shape index (κ1) is 19.4. The van der Waals surface area contributed by atoms with E-state index < -0.39 is 4.92 Å². The van der Waals surface area contributed by atoms with Crippen molar-refractivity contribution in [2.75, 3.05) is 31.1 Å². The Morgan fingerprint density at radius 2 is 1.67 bits per heavy atom. The van der Waals surface area contributed by atoms with Crippen molar-refractivity contribution in [1.29, 1.82) is 0 Å². The molecule has 8 heteroatoms. The molecule has 0 unspecified atom stereocenters. The van der Waals surface area contributed by atoms with Crippen LogP contribution in [0.5, 0.6) is 0 Å². The van der Waals surface area contributed by atoms with Crippen LogP contribution in [0.3, 0.4) is 0 Å². The van der Waals surface area contributed by atoms with Crippen molar-refractivity contribution in [2.24, 2.45) is 0 Å². The van der Waals surface area contributed by atoms with Gasteiger partial charge in [0.2, 0.25) is 5.91 Å². The number of nitro groups is 1. The monoisotopic (exact) mass is 403 g/mol. The highest BCUT2D eigenvalue weighted by Crippen LogP contribution is 2.20. The molecule has 30 heavy (non-hydrogen) atoms. The Hall–Kier alpha value is -3.94. The van der Waals surface area contributed by atoms with E-state index in [1.54, 1.807) is 40.1 Å². The summed E-state index contributed by atoms with van der Waals surface area (Å²) in [5.74, 6) is -0.0363. The van der Waals surface area contributed by atoms with Crippen molar-refractivity contribution >= 4 is 23.4 Å². The van der Waals surface area contributed by atoms with Crippen molar-refractivity contribution in [3.05, 3.63) is 88.7 Å². The van der Waals surface area contributed by atoms with Crippen LogP contribution in [0.15, 0.2) is 73.1 Å². The third-order valence-electron chi connectivity index (χ3n) is 5.06. The van der Waals surface area contributed by atoms with Gasteiger partial charge in [-0.25, -0.2) is 4.68 Å². The average molecular weight is 403 g/mol. The van der Waals surface area contributed by atoms with Crippen LogP contribution in [-0.2, 0) is 4.79 Å². The molecule has 0 N–H and O–H groups in total. The maximum absolute atomic E-state index is 12.5. The highest BCUT2D eigenvalue weighted by molar-refractivity contribution is 5.91. The van der Waals surface area contributed by atoms with Crippen LogP contribution < -0.4 is 4.90 Å². The fourth-order valence-corrected chi connectivity index (χ4v) is 3.39. The SMILES string of the molecule is O=C(/C=C/c1cnn(-c2ccccc2)c1)N1CCN(c2ccc([N+](=O)[O-])cc2)CC1. The number of piperazine rings is 1. The first-order valence-corrected chi connectivity index (χ1v) is 9.67. The van der Waals surface area contributed by atoms with Gasteiger partial charge in [0, 0.05) is 61.8 Å². The number of benzene rings is 2. The molecular formula is C22H21N5O3. The van der Waals surface area contributed by atoms with Crippen LogP contribution in [-0.4, -0.2) is 51.7 Å². The molecule has 0 saturated carbocycles. The molecule has 4 rings (SSSR count).